The lowest BCUT2D eigenvalue weighted by molar-refractivity contribution is -0.771. The zero-order valence-electron chi connectivity index (χ0n) is 12.7. The maximum atomic E-state index is 6.12. The Morgan fingerprint density at radius 2 is 1.65 bits per heavy atom. The SMILES string of the molecule is NC1=CC23c4cc(N)ccc4[NH+](c4ccc(N)cc4)C2C3C=C1. The van der Waals surface area contributed by atoms with Crippen LogP contribution in [0.1, 0.15) is 5.56 Å². The van der Waals surface area contributed by atoms with E-state index >= 15 is 0 Å². The second kappa shape index (κ2) is 3.97. The van der Waals surface area contributed by atoms with Crippen LogP contribution in [-0.2, 0) is 5.41 Å². The second-order valence-corrected chi connectivity index (χ2v) is 6.78. The van der Waals surface area contributed by atoms with E-state index in [4.69, 9.17) is 17.2 Å². The third kappa shape index (κ3) is 1.48. The van der Waals surface area contributed by atoms with Gasteiger partial charge in [0.1, 0.15) is 17.4 Å². The minimum atomic E-state index is 0.000264. The van der Waals surface area contributed by atoms with E-state index in [-0.39, 0.29) is 5.41 Å². The zero-order chi connectivity index (χ0) is 15.8. The summed E-state index contributed by atoms with van der Waals surface area (Å²) in [5.41, 5.74) is 24.3. The summed E-state index contributed by atoms with van der Waals surface area (Å²) in [5.74, 6) is 0.483. The Morgan fingerprint density at radius 3 is 2.43 bits per heavy atom. The summed E-state index contributed by atoms with van der Waals surface area (Å²) in [7, 11) is 0. The fourth-order valence-electron chi connectivity index (χ4n) is 4.59. The van der Waals surface area contributed by atoms with Crippen molar-refractivity contribution in [2.45, 2.75) is 11.5 Å². The highest BCUT2D eigenvalue weighted by molar-refractivity contribution is 5.68. The van der Waals surface area contributed by atoms with Crippen molar-refractivity contribution in [3.05, 3.63) is 72.0 Å². The fourth-order valence-corrected chi connectivity index (χ4v) is 4.59. The number of benzene rings is 2. The van der Waals surface area contributed by atoms with Crippen LogP contribution in [0.25, 0.3) is 0 Å². The molecule has 114 valence electrons. The molecule has 2 aromatic rings. The molecule has 1 heterocycles. The van der Waals surface area contributed by atoms with Gasteiger partial charge in [-0.15, -0.1) is 0 Å². The van der Waals surface area contributed by atoms with Crippen molar-refractivity contribution in [1.29, 1.82) is 0 Å². The molecule has 0 saturated heterocycles. The Labute approximate surface area is 134 Å². The molecular formula is C19H19N4+. The van der Waals surface area contributed by atoms with Gasteiger partial charge in [-0.2, -0.15) is 0 Å². The number of fused-ring (bicyclic) bond motifs is 2. The monoisotopic (exact) mass is 303 g/mol. The first kappa shape index (κ1) is 12.8. The molecule has 1 aliphatic heterocycles. The summed E-state index contributed by atoms with van der Waals surface area (Å²) in [5, 5.41) is 0. The minimum Gasteiger partial charge on any atom is -0.399 e. The Balaban J connectivity index is 1.73. The summed E-state index contributed by atoms with van der Waals surface area (Å²) in [6.45, 7) is 0. The average Bonchev–Trinajstić information content (AvgIpc) is 3.11. The Morgan fingerprint density at radius 1 is 0.913 bits per heavy atom. The number of anilines is 2. The lowest BCUT2D eigenvalue weighted by Crippen LogP contribution is -3.03. The van der Waals surface area contributed by atoms with Gasteiger partial charge in [0, 0.05) is 40.8 Å². The van der Waals surface area contributed by atoms with Gasteiger partial charge in [-0.05, 0) is 36.4 Å². The summed E-state index contributed by atoms with van der Waals surface area (Å²) in [4.78, 5) is 1.39. The maximum absolute atomic E-state index is 6.12. The normalized spacial score (nSPS) is 32.7. The largest absolute Gasteiger partial charge is 0.399 e. The highest BCUT2D eigenvalue weighted by atomic mass is 15.3. The van der Waals surface area contributed by atoms with Crippen LogP contribution in [0, 0.1) is 5.92 Å². The molecule has 4 atom stereocenters. The molecule has 23 heavy (non-hydrogen) atoms. The van der Waals surface area contributed by atoms with Crippen molar-refractivity contribution in [1.82, 2.24) is 0 Å². The molecule has 0 aromatic heterocycles. The van der Waals surface area contributed by atoms with E-state index in [2.05, 4.69) is 36.4 Å². The van der Waals surface area contributed by atoms with Crippen molar-refractivity contribution in [2.24, 2.45) is 11.7 Å². The standard InChI is InChI=1S/C19H18N4/c20-11-1-5-14(6-2-11)23-17-8-4-12(21)9-16(17)19-10-13(22)3-7-15(19)18(19)23/h1-10,15,18H,20-22H2/p+1. The van der Waals surface area contributed by atoms with Crippen LogP contribution < -0.4 is 22.1 Å². The van der Waals surface area contributed by atoms with E-state index < -0.39 is 0 Å². The predicted octanol–water partition coefficient (Wildman–Crippen LogP) is 1.36. The molecular weight excluding hydrogens is 284 g/mol. The van der Waals surface area contributed by atoms with E-state index in [9.17, 15) is 0 Å². The molecule has 4 nitrogen and oxygen atoms in total. The van der Waals surface area contributed by atoms with Gasteiger partial charge in [-0.3, -0.25) is 4.90 Å². The van der Waals surface area contributed by atoms with Crippen LogP contribution in [0.3, 0.4) is 0 Å². The van der Waals surface area contributed by atoms with Crippen LogP contribution in [-0.4, -0.2) is 6.04 Å². The summed E-state index contributed by atoms with van der Waals surface area (Å²) in [6.07, 6.45) is 6.51. The second-order valence-electron chi connectivity index (χ2n) is 6.78. The van der Waals surface area contributed by atoms with Crippen LogP contribution in [0.5, 0.6) is 0 Å². The van der Waals surface area contributed by atoms with Crippen molar-refractivity contribution in [2.75, 3.05) is 11.5 Å². The van der Waals surface area contributed by atoms with Crippen LogP contribution in [0.15, 0.2) is 66.4 Å². The van der Waals surface area contributed by atoms with Gasteiger partial charge in [0.15, 0.2) is 0 Å². The van der Waals surface area contributed by atoms with Gasteiger partial charge in [0.2, 0.25) is 0 Å². The first-order valence-electron chi connectivity index (χ1n) is 7.91. The number of hydrogen-bond donors (Lipinski definition) is 4. The average molecular weight is 303 g/mol. The quantitative estimate of drug-likeness (QED) is 0.600. The van der Waals surface area contributed by atoms with E-state index in [1.807, 2.05) is 24.3 Å². The molecule has 3 aliphatic rings. The molecule has 1 spiro atoms. The molecule has 4 unspecified atom stereocenters. The van der Waals surface area contributed by atoms with Gasteiger partial charge in [0.25, 0.3) is 0 Å². The van der Waals surface area contributed by atoms with E-state index in [0.717, 1.165) is 17.1 Å². The Hall–Kier alpha value is -2.72. The van der Waals surface area contributed by atoms with Crippen LogP contribution in [0.4, 0.5) is 22.7 Å². The van der Waals surface area contributed by atoms with Crippen molar-refractivity contribution in [3.63, 3.8) is 0 Å². The third-order valence-corrected chi connectivity index (χ3v) is 5.55. The Kier molecular flexibility index (Phi) is 2.21. The molecule has 5 rings (SSSR count). The molecule has 0 bridgehead atoms. The van der Waals surface area contributed by atoms with E-state index in [1.54, 1.807) is 0 Å². The van der Waals surface area contributed by atoms with Crippen LogP contribution >= 0.6 is 0 Å². The Bertz CT molecular complexity index is 881. The molecule has 1 fully saturated rings. The highest BCUT2D eigenvalue weighted by Crippen LogP contribution is 2.62. The summed E-state index contributed by atoms with van der Waals surface area (Å²) in [6, 6.07) is 14.9. The lowest BCUT2D eigenvalue weighted by atomic mass is 9.89. The lowest BCUT2D eigenvalue weighted by Gasteiger charge is -2.19. The van der Waals surface area contributed by atoms with E-state index in [0.29, 0.717) is 12.0 Å². The molecule has 0 radical (unpaired) electrons. The molecule has 7 N–H and O–H groups in total. The number of hydrogen-bond acceptors (Lipinski definition) is 3. The van der Waals surface area contributed by atoms with Gasteiger partial charge in [0.05, 0.1) is 11.3 Å². The van der Waals surface area contributed by atoms with Crippen molar-refractivity contribution < 1.29 is 4.90 Å². The molecule has 2 aromatic carbocycles. The van der Waals surface area contributed by atoms with E-state index in [1.165, 1.54) is 21.8 Å². The van der Waals surface area contributed by atoms with Gasteiger partial charge in [-0.25, -0.2) is 0 Å². The zero-order valence-corrected chi connectivity index (χ0v) is 12.7. The van der Waals surface area contributed by atoms with Crippen LogP contribution in [0.2, 0.25) is 0 Å². The first-order chi connectivity index (χ1) is 11.1. The summed E-state index contributed by atoms with van der Waals surface area (Å²) >= 11 is 0. The minimum absolute atomic E-state index is 0.000264. The molecule has 0 amide bonds. The maximum Gasteiger partial charge on any atom is 0.141 e. The topological polar surface area (TPSA) is 82.5 Å². The fraction of sp³-hybridized carbons (Fsp3) is 0.158. The summed E-state index contributed by atoms with van der Waals surface area (Å²) < 4.78 is 0. The molecule has 2 aliphatic carbocycles. The first-order valence-corrected chi connectivity index (χ1v) is 7.91. The smallest absolute Gasteiger partial charge is 0.141 e. The predicted molar refractivity (Wildman–Crippen MR) is 92.4 cm³/mol. The molecule has 4 heteroatoms. The van der Waals surface area contributed by atoms with Crippen molar-refractivity contribution >= 4 is 22.7 Å². The number of allylic oxidation sites excluding steroid dienone is 1. The highest BCUT2D eigenvalue weighted by Gasteiger charge is 2.76. The number of nitrogen functional groups attached to an aromatic ring is 2. The molecule has 1 saturated carbocycles. The van der Waals surface area contributed by atoms with Gasteiger partial charge >= 0.3 is 0 Å². The third-order valence-electron chi connectivity index (χ3n) is 5.55. The van der Waals surface area contributed by atoms with Gasteiger partial charge < -0.3 is 17.2 Å². The number of rotatable bonds is 1. The number of nitrogens with one attached hydrogen (secondary N) is 1. The van der Waals surface area contributed by atoms with Crippen molar-refractivity contribution in [3.8, 4) is 0 Å². The number of quaternary nitrogens is 1. The number of nitrogens with two attached hydrogens (primary N) is 3. The van der Waals surface area contributed by atoms with Gasteiger partial charge in [-0.1, -0.05) is 6.08 Å².